The number of carbonyl (C=O) groups is 1. The third-order valence-corrected chi connectivity index (χ3v) is 3.92. The molecule has 23 heavy (non-hydrogen) atoms. The zero-order chi connectivity index (χ0) is 16.1. The van der Waals surface area contributed by atoms with Gasteiger partial charge in [0.15, 0.2) is 5.13 Å². The van der Waals surface area contributed by atoms with Crippen LogP contribution in [0.25, 0.3) is 17.5 Å². The Bertz CT molecular complexity index is 823. The van der Waals surface area contributed by atoms with Gasteiger partial charge in [-0.15, -0.1) is 11.3 Å². The van der Waals surface area contributed by atoms with Crippen molar-refractivity contribution in [2.24, 2.45) is 0 Å². The Labute approximate surface area is 138 Å². The van der Waals surface area contributed by atoms with Gasteiger partial charge in [-0.3, -0.25) is 15.1 Å². The van der Waals surface area contributed by atoms with Crippen LogP contribution in [0.5, 0.6) is 0 Å². The van der Waals surface area contributed by atoms with Crippen molar-refractivity contribution >= 4 is 28.5 Å². The number of benzene rings is 1. The van der Waals surface area contributed by atoms with Crippen molar-refractivity contribution in [1.29, 1.82) is 0 Å². The average Bonchev–Trinajstić information content (AvgIpc) is 3.04. The Morgan fingerprint density at radius 1 is 1.13 bits per heavy atom. The van der Waals surface area contributed by atoms with E-state index in [0.29, 0.717) is 5.13 Å². The van der Waals surface area contributed by atoms with Gasteiger partial charge in [-0.25, -0.2) is 4.98 Å². The highest BCUT2D eigenvalue weighted by molar-refractivity contribution is 7.14. The Morgan fingerprint density at radius 2 is 1.96 bits per heavy atom. The molecule has 0 saturated carbocycles. The molecule has 4 nitrogen and oxygen atoms in total. The first-order valence-electron chi connectivity index (χ1n) is 7.13. The van der Waals surface area contributed by atoms with E-state index in [9.17, 15) is 4.79 Å². The van der Waals surface area contributed by atoms with E-state index in [1.54, 1.807) is 12.3 Å². The molecule has 5 heteroatoms. The molecule has 0 spiro atoms. The van der Waals surface area contributed by atoms with Crippen LogP contribution in [0.1, 0.15) is 11.1 Å². The molecule has 1 aromatic carbocycles. The summed E-state index contributed by atoms with van der Waals surface area (Å²) in [4.78, 5) is 20.6. The molecule has 0 radical (unpaired) electrons. The van der Waals surface area contributed by atoms with Gasteiger partial charge in [0.1, 0.15) is 5.69 Å². The van der Waals surface area contributed by atoms with Gasteiger partial charge in [-0.05, 0) is 30.7 Å². The lowest BCUT2D eigenvalue weighted by molar-refractivity contribution is -0.111. The predicted octanol–water partition coefficient (Wildman–Crippen LogP) is 4.17. The van der Waals surface area contributed by atoms with Crippen LogP contribution in [0.3, 0.4) is 0 Å². The van der Waals surface area contributed by atoms with E-state index in [0.717, 1.165) is 17.0 Å². The fourth-order valence-corrected chi connectivity index (χ4v) is 2.67. The number of rotatable bonds is 4. The third-order valence-electron chi connectivity index (χ3n) is 3.17. The molecule has 0 unspecified atom stereocenters. The molecule has 3 rings (SSSR count). The maximum Gasteiger partial charge on any atom is 0.250 e. The second-order valence-corrected chi connectivity index (χ2v) is 5.84. The van der Waals surface area contributed by atoms with Crippen LogP contribution < -0.4 is 5.32 Å². The van der Waals surface area contributed by atoms with E-state index in [1.165, 1.54) is 23.0 Å². The number of pyridine rings is 1. The largest absolute Gasteiger partial charge is 0.298 e. The normalized spacial score (nSPS) is 10.8. The summed E-state index contributed by atoms with van der Waals surface area (Å²) in [7, 11) is 0. The number of hydrogen-bond acceptors (Lipinski definition) is 4. The van der Waals surface area contributed by atoms with Crippen molar-refractivity contribution in [2.75, 3.05) is 5.32 Å². The van der Waals surface area contributed by atoms with Crippen molar-refractivity contribution in [1.82, 2.24) is 9.97 Å². The molecule has 0 atom stereocenters. The molecular formula is C18H15N3OS. The molecule has 2 heterocycles. The zero-order valence-electron chi connectivity index (χ0n) is 12.6. The van der Waals surface area contributed by atoms with E-state index in [1.807, 2.05) is 54.8 Å². The van der Waals surface area contributed by atoms with Gasteiger partial charge >= 0.3 is 0 Å². The minimum absolute atomic E-state index is 0.201. The molecule has 114 valence electrons. The minimum atomic E-state index is -0.201. The standard InChI is InChI=1S/C18H15N3OS/c1-13-5-7-14(8-6-13)9-10-17(22)21-18-20-16(12-23-18)15-4-2-3-11-19-15/h2-12H,1H3,(H,20,21,22). The number of aryl methyl sites for hydroxylation is 1. The summed E-state index contributed by atoms with van der Waals surface area (Å²) in [6.45, 7) is 2.03. The Kier molecular flexibility index (Phi) is 4.59. The molecule has 0 bridgehead atoms. The molecule has 2 aromatic heterocycles. The van der Waals surface area contributed by atoms with Gasteiger partial charge in [0.25, 0.3) is 0 Å². The smallest absolute Gasteiger partial charge is 0.250 e. The number of carbonyl (C=O) groups excluding carboxylic acids is 1. The van der Waals surface area contributed by atoms with Crippen molar-refractivity contribution in [3.8, 4) is 11.4 Å². The molecule has 1 N–H and O–H groups in total. The van der Waals surface area contributed by atoms with Crippen molar-refractivity contribution in [2.45, 2.75) is 6.92 Å². The maximum absolute atomic E-state index is 12.0. The molecule has 0 fully saturated rings. The second kappa shape index (κ2) is 6.98. The van der Waals surface area contributed by atoms with Gasteiger partial charge in [0.05, 0.1) is 5.69 Å². The zero-order valence-corrected chi connectivity index (χ0v) is 13.4. The maximum atomic E-state index is 12.0. The molecule has 0 aliphatic rings. The van der Waals surface area contributed by atoms with Gasteiger partial charge in [0.2, 0.25) is 5.91 Å². The molecule has 0 aliphatic heterocycles. The summed E-state index contributed by atoms with van der Waals surface area (Å²) in [6.07, 6.45) is 5.01. The first-order chi connectivity index (χ1) is 11.2. The number of aromatic nitrogens is 2. The topological polar surface area (TPSA) is 54.9 Å². The van der Waals surface area contributed by atoms with Crippen molar-refractivity contribution in [3.63, 3.8) is 0 Å². The van der Waals surface area contributed by atoms with Crippen LogP contribution in [-0.4, -0.2) is 15.9 Å². The van der Waals surface area contributed by atoms with Gasteiger partial charge in [-0.2, -0.15) is 0 Å². The van der Waals surface area contributed by atoms with Crippen LogP contribution in [0.4, 0.5) is 5.13 Å². The summed E-state index contributed by atoms with van der Waals surface area (Å²) < 4.78 is 0. The van der Waals surface area contributed by atoms with E-state index in [4.69, 9.17) is 0 Å². The monoisotopic (exact) mass is 321 g/mol. The summed E-state index contributed by atoms with van der Waals surface area (Å²) in [5, 5.41) is 5.20. The number of thiazole rings is 1. The van der Waals surface area contributed by atoms with E-state index in [2.05, 4.69) is 15.3 Å². The van der Waals surface area contributed by atoms with E-state index >= 15 is 0 Å². The lowest BCUT2D eigenvalue weighted by Gasteiger charge is -1.97. The van der Waals surface area contributed by atoms with E-state index < -0.39 is 0 Å². The summed E-state index contributed by atoms with van der Waals surface area (Å²) in [5.74, 6) is -0.201. The van der Waals surface area contributed by atoms with Crippen molar-refractivity contribution < 1.29 is 4.79 Å². The number of hydrogen-bond donors (Lipinski definition) is 1. The highest BCUT2D eigenvalue weighted by atomic mass is 32.1. The minimum Gasteiger partial charge on any atom is -0.298 e. The molecule has 0 saturated heterocycles. The molecule has 1 amide bonds. The number of nitrogens with one attached hydrogen (secondary N) is 1. The first kappa shape index (κ1) is 15.1. The molecule has 0 aliphatic carbocycles. The SMILES string of the molecule is Cc1ccc(C=CC(=O)Nc2nc(-c3ccccn3)cs2)cc1. The molecule has 3 aromatic rings. The number of anilines is 1. The van der Waals surface area contributed by atoms with Crippen LogP contribution in [-0.2, 0) is 4.79 Å². The predicted molar refractivity (Wildman–Crippen MR) is 94.2 cm³/mol. The summed E-state index contributed by atoms with van der Waals surface area (Å²) in [5.41, 5.74) is 3.73. The summed E-state index contributed by atoms with van der Waals surface area (Å²) >= 11 is 1.38. The fraction of sp³-hybridized carbons (Fsp3) is 0.0556. The van der Waals surface area contributed by atoms with E-state index in [-0.39, 0.29) is 5.91 Å². The first-order valence-corrected chi connectivity index (χ1v) is 8.01. The van der Waals surface area contributed by atoms with Crippen LogP contribution in [0.2, 0.25) is 0 Å². The van der Waals surface area contributed by atoms with Crippen molar-refractivity contribution in [3.05, 3.63) is 71.2 Å². The fourth-order valence-electron chi connectivity index (χ4n) is 1.96. The average molecular weight is 321 g/mol. The summed E-state index contributed by atoms with van der Waals surface area (Å²) in [6, 6.07) is 13.6. The van der Waals surface area contributed by atoms with Crippen LogP contribution in [0, 0.1) is 6.92 Å². The van der Waals surface area contributed by atoms with Crippen LogP contribution >= 0.6 is 11.3 Å². The lowest BCUT2D eigenvalue weighted by Crippen LogP contribution is -2.07. The third kappa shape index (κ3) is 4.11. The van der Waals surface area contributed by atoms with Crippen LogP contribution in [0.15, 0.2) is 60.1 Å². The Morgan fingerprint density at radius 3 is 2.70 bits per heavy atom. The highest BCUT2D eigenvalue weighted by Crippen LogP contribution is 2.23. The second-order valence-electron chi connectivity index (χ2n) is 4.99. The van der Waals surface area contributed by atoms with Gasteiger partial charge in [-0.1, -0.05) is 35.9 Å². The van der Waals surface area contributed by atoms with Gasteiger partial charge in [0, 0.05) is 17.7 Å². The highest BCUT2D eigenvalue weighted by Gasteiger charge is 2.06. The molecular weight excluding hydrogens is 306 g/mol. The van der Waals surface area contributed by atoms with Gasteiger partial charge < -0.3 is 0 Å². The Hall–Kier alpha value is -2.79. The quantitative estimate of drug-likeness (QED) is 0.734. The Balaban J connectivity index is 1.64. The lowest BCUT2D eigenvalue weighted by atomic mass is 10.1. The number of nitrogens with zero attached hydrogens (tertiary/aromatic N) is 2. The number of amides is 1.